The van der Waals surface area contributed by atoms with Crippen LogP contribution >= 0.6 is 0 Å². The van der Waals surface area contributed by atoms with Crippen LogP contribution < -0.4 is 11.1 Å². The van der Waals surface area contributed by atoms with Gasteiger partial charge in [-0.25, -0.2) is 0 Å². The molecule has 0 saturated heterocycles. The van der Waals surface area contributed by atoms with Crippen LogP contribution in [0.1, 0.15) is 45.4 Å². The number of rotatable bonds is 7. The lowest BCUT2D eigenvalue weighted by Gasteiger charge is -2.19. The van der Waals surface area contributed by atoms with Crippen molar-refractivity contribution in [2.45, 2.75) is 51.5 Å². The molecule has 3 N–H and O–H groups in total. The number of hydrogen-bond donors (Lipinski definition) is 2. The minimum absolute atomic E-state index is 0.223. The van der Waals surface area contributed by atoms with Gasteiger partial charge in [-0.05, 0) is 50.0 Å². The highest BCUT2D eigenvalue weighted by Crippen LogP contribution is 2.44. The zero-order valence-electron chi connectivity index (χ0n) is 10.2. The minimum atomic E-state index is 0.223. The van der Waals surface area contributed by atoms with Crippen molar-refractivity contribution in [1.29, 1.82) is 0 Å². The molecular weight excluding hydrogens is 200 g/mol. The predicted octanol–water partition coefficient (Wildman–Crippen LogP) is 1.67. The van der Waals surface area contributed by atoms with E-state index in [2.05, 4.69) is 12.2 Å². The van der Waals surface area contributed by atoms with E-state index >= 15 is 0 Å². The Bertz CT molecular complexity index is 230. The Hall–Kier alpha value is -0.570. The number of amides is 1. The Balaban J connectivity index is 1.76. The molecule has 16 heavy (non-hydrogen) atoms. The maximum absolute atomic E-state index is 11.9. The first-order valence-electron chi connectivity index (χ1n) is 6.74. The summed E-state index contributed by atoms with van der Waals surface area (Å²) in [5, 5.41) is 3.25. The molecule has 2 aliphatic rings. The van der Waals surface area contributed by atoms with Crippen LogP contribution in [0.2, 0.25) is 0 Å². The third-order valence-corrected chi connectivity index (χ3v) is 3.97. The molecule has 2 fully saturated rings. The molecule has 3 nitrogen and oxygen atoms in total. The fourth-order valence-electron chi connectivity index (χ4n) is 2.43. The fourth-order valence-corrected chi connectivity index (χ4v) is 2.43. The van der Waals surface area contributed by atoms with Crippen molar-refractivity contribution in [3.05, 3.63) is 0 Å². The molecule has 2 rings (SSSR count). The molecular formula is C13H24N2O. The highest BCUT2D eigenvalue weighted by Gasteiger charge is 2.42. The van der Waals surface area contributed by atoms with E-state index in [-0.39, 0.29) is 5.91 Å². The van der Waals surface area contributed by atoms with Gasteiger partial charge in [0.1, 0.15) is 0 Å². The fraction of sp³-hybridized carbons (Fsp3) is 0.923. The predicted molar refractivity (Wildman–Crippen MR) is 64.8 cm³/mol. The summed E-state index contributed by atoms with van der Waals surface area (Å²) in [7, 11) is 0. The first-order valence-corrected chi connectivity index (χ1v) is 6.74. The molecule has 0 heterocycles. The molecule has 0 aromatic carbocycles. The molecule has 0 aromatic rings. The normalized spacial score (nSPS) is 22.2. The Morgan fingerprint density at radius 3 is 2.25 bits per heavy atom. The van der Waals surface area contributed by atoms with Crippen LogP contribution in [0, 0.1) is 17.8 Å². The SMILES string of the molecule is CCC(CN)CC(=O)NC(C1CC1)C1CC1. The van der Waals surface area contributed by atoms with Gasteiger partial charge < -0.3 is 11.1 Å². The summed E-state index contributed by atoms with van der Waals surface area (Å²) in [6.07, 6.45) is 6.88. The zero-order valence-corrected chi connectivity index (χ0v) is 10.2. The van der Waals surface area contributed by atoms with Gasteiger partial charge in [0.2, 0.25) is 5.91 Å². The minimum Gasteiger partial charge on any atom is -0.353 e. The van der Waals surface area contributed by atoms with Crippen molar-refractivity contribution in [1.82, 2.24) is 5.32 Å². The van der Waals surface area contributed by atoms with Crippen molar-refractivity contribution < 1.29 is 4.79 Å². The van der Waals surface area contributed by atoms with Crippen molar-refractivity contribution in [3.63, 3.8) is 0 Å². The van der Waals surface area contributed by atoms with Crippen molar-refractivity contribution in [3.8, 4) is 0 Å². The van der Waals surface area contributed by atoms with Crippen molar-refractivity contribution in [2.75, 3.05) is 6.54 Å². The van der Waals surface area contributed by atoms with Crippen LogP contribution in [-0.4, -0.2) is 18.5 Å². The molecule has 2 saturated carbocycles. The summed E-state index contributed by atoms with van der Waals surface area (Å²) in [5.41, 5.74) is 5.63. The smallest absolute Gasteiger partial charge is 0.220 e. The molecule has 1 unspecified atom stereocenters. The van der Waals surface area contributed by atoms with Gasteiger partial charge in [-0.1, -0.05) is 13.3 Å². The Morgan fingerprint density at radius 1 is 1.31 bits per heavy atom. The number of nitrogens with one attached hydrogen (secondary N) is 1. The van der Waals surface area contributed by atoms with Gasteiger partial charge >= 0.3 is 0 Å². The zero-order chi connectivity index (χ0) is 11.5. The van der Waals surface area contributed by atoms with Crippen LogP contribution in [0.25, 0.3) is 0 Å². The summed E-state index contributed by atoms with van der Waals surface area (Å²) in [6.45, 7) is 2.73. The Labute approximate surface area is 98.2 Å². The molecule has 3 heteroatoms. The summed E-state index contributed by atoms with van der Waals surface area (Å²) in [4.78, 5) is 11.9. The highest BCUT2D eigenvalue weighted by atomic mass is 16.1. The molecule has 0 aromatic heterocycles. The maximum Gasteiger partial charge on any atom is 0.220 e. The van der Waals surface area contributed by atoms with Gasteiger partial charge in [0, 0.05) is 12.5 Å². The summed E-state index contributed by atoms with van der Waals surface area (Å²) < 4.78 is 0. The molecule has 2 aliphatic carbocycles. The van der Waals surface area contributed by atoms with E-state index in [1.165, 1.54) is 25.7 Å². The molecule has 0 aliphatic heterocycles. The maximum atomic E-state index is 11.9. The van der Waals surface area contributed by atoms with Gasteiger partial charge in [-0.3, -0.25) is 4.79 Å². The van der Waals surface area contributed by atoms with E-state index in [9.17, 15) is 4.79 Å². The summed E-state index contributed by atoms with van der Waals surface area (Å²) >= 11 is 0. The van der Waals surface area contributed by atoms with Crippen LogP contribution in [0.4, 0.5) is 0 Å². The quantitative estimate of drug-likeness (QED) is 0.691. The van der Waals surface area contributed by atoms with E-state index < -0.39 is 0 Å². The number of carbonyl (C=O) groups excluding carboxylic acids is 1. The first-order chi connectivity index (χ1) is 7.74. The molecule has 0 radical (unpaired) electrons. The standard InChI is InChI=1S/C13H24N2O/c1-2-9(8-14)7-12(16)15-13(10-3-4-10)11-5-6-11/h9-11,13H,2-8,14H2,1H3,(H,15,16). The highest BCUT2D eigenvalue weighted by molar-refractivity contribution is 5.76. The number of nitrogens with two attached hydrogens (primary N) is 1. The molecule has 0 bridgehead atoms. The third-order valence-electron chi connectivity index (χ3n) is 3.97. The lowest BCUT2D eigenvalue weighted by atomic mass is 10.0. The Kier molecular flexibility index (Phi) is 3.85. The van der Waals surface area contributed by atoms with E-state index in [4.69, 9.17) is 5.73 Å². The first kappa shape index (κ1) is 11.9. The third kappa shape index (κ3) is 3.21. The monoisotopic (exact) mass is 224 g/mol. The topological polar surface area (TPSA) is 55.1 Å². The number of hydrogen-bond acceptors (Lipinski definition) is 2. The average molecular weight is 224 g/mol. The number of carbonyl (C=O) groups is 1. The summed E-state index contributed by atoms with van der Waals surface area (Å²) in [6, 6.07) is 0.489. The van der Waals surface area contributed by atoms with Crippen molar-refractivity contribution in [2.24, 2.45) is 23.5 Å². The van der Waals surface area contributed by atoms with Gasteiger partial charge in [-0.2, -0.15) is 0 Å². The lowest BCUT2D eigenvalue weighted by Crippen LogP contribution is -2.39. The van der Waals surface area contributed by atoms with E-state index in [0.29, 0.717) is 24.9 Å². The van der Waals surface area contributed by atoms with Crippen LogP contribution in [0.3, 0.4) is 0 Å². The molecule has 1 atom stereocenters. The van der Waals surface area contributed by atoms with Crippen molar-refractivity contribution >= 4 is 5.91 Å². The van der Waals surface area contributed by atoms with Crippen LogP contribution in [-0.2, 0) is 4.79 Å². The second-order valence-corrected chi connectivity index (χ2v) is 5.48. The largest absolute Gasteiger partial charge is 0.353 e. The van der Waals surface area contributed by atoms with Gasteiger partial charge in [0.25, 0.3) is 0 Å². The van der Waals surface area contributed by atoms with E-state index in [0.717, 1.165) is 18.3 Å². The van der Waals surface area contributed by atoms with E-state index in [1.807, 2.05) is 0 Å². The Morgan fingerprint density at radius 2 is 1.88 bits per heavy atom. The van der Waals surface area contributed by atoms with Crippen LogP contribution in [0.15, 0.2) is 0 Å². The second-order valence-electron chi connectivity index (χ2n) is 5.48. The second kappa shape index (κ2) is 5.17. The van der Waals surface area contributed by atoms with Crippen LogP contribution in [0.5, 0.6) is 0 Å². The van der Waals surface area contributed by atoms with E-state index in [1.54, 1.807) is 0 Å². The van der Waals surface area contributed by atoms with Gasteiger partial charge in [0.15, 0.2) is 0 Å². The molecule has 92 valence electrons. The van der Waals surface area contributed by atoms with Gasteiger partial charge in [-0.15, -0.1) is 0 Å². The average Bonchev–Trinajstić information content (AvgIpc) is 3.16. The lowest BCUT2D eigenvalue weighted by molar-refractivity contribution is -0.123. The van der Waals surface area contributed by atoms with Gasteiger partial charge in [0.05, 0.1) is 0 Å². The summed E-state index contributed by atoms with van der Waals surface area (Å²) in [5.74, 6) is 2.16. The molecule has 0 spiro atoms. The molecule has 1 amide bonds.